The first kappa shape index (κ1) is 19.1. The monoisotopic (exact) mass is 360 g/mol. The molecule has 2 aromatic carbocycles. The van der Waals surface area contributed by atoms with Gasteiger partial charge in [0.1, 0.15) is 0 Å². The molecule has 2 rings (SSSR count). The molecular weight excluding hydrogens is 336 g/mol. The first-order valence-corrected chi connectivity index (χ1v) is 9.72. The lowest BCUT2D eigenvalue weighted by atomic mass is 10.0. The zero-order valence-electron chi connectivity index (χ0n) is 14.7. The van der Waals surface area contributed by atoms with Crippen LogP contribution >= 0.6 is 0 Å². The van der Waals surface area contributed by atoms with E-state index in [4.69, 9.17) is 0 Å². The fourth-order valence-electron chi connectivity index (χ4n) is 2.30. The highest BCUT2D eigenvalue weighted by atomic mass is 32.2. The molecule has 0 fully saturated rings. The molecule has 6 heteroatoms. The SMILES string of the molecule is Cc1ccc(S(=O)(=O)NCCC(=O)Nc2cccc(C(C)C)c2)cc1. The van der Waals surface area contributed by atoms with Gasteiger partial charge in [-0.2, -0.15) is 0 Å². The number of rotatable bonds is 7. The average molecular weight is 360 g/mol. The number of nitrogens with one attached hydrogen (secondary N) is 2. The Kier molecular flexibility index (Phi) is 6.33. The van der Waals surface area contributed by atoms with Crippen LogP contribution in [0.2, 0.25) is 0 Å². The lowest BCUT2D eigenvalue weighted by Crippen LogP contribution is -2.27. The first-order chi connectivity index (χ1) is 11.8. The number of sulfonamides is 1. The first-order valence-electron chi connectivity index (χ1n) is 8.24. The Morgan fingerprint density at radius 2 is 1.76 bits per heavy atom. The number of benzene rings is 2. The van der Waals surface area contributed by atoms with Crippen molar-refractivity contribution in [2.75, 3.05) is 11.9 Å². The van der Waals surface area contributed by atoms with Gasteiger partial charge >= 0.3 is 0 Å². The van der Waals surface area contributed by atoms with E-state index in [-0.39, 0.29) is 23.8 Å². The molecule has 0 heterocycles. The van der Waals surface area contributed by atoms with Crippen molar-refractivity contribution in [3.8, 4) is 0 Å². The number of carbonyl (C=O) groups excluding carboxylic acids is 1. The van der Waals surface area contributed by atoms with Crippen LogP contribution in [0.25, 0.3) is 0 Å². The van der Waals surface area contributed by atoms with E-state index in [9.17, 15) is 13.2 Å². The molecule has 134 valence electrons. The van der Waals surface area contributed by atoms with Crippen molar-refractivity contribution in [3.05, 3.63) is 59.7 Å². The maximum Gasteiger partial charge on any atom is 0.240 e. The third-order valence-electron chi connectivity index (χ3n) is 3.81. The molecule has 0 spiro atoms. The summed E-state index contributed by atoms with van der Waals surface area (Å²) in [5, 5.41) is 2.80. The summed E-state index contributed by atoms with van der Waals surface area (Å²) in [4.78, 5) is 12.2. The summed E-state index contributed by atoms with van der Waals surface area (Å²) in [7, 11) is -3.59. The Bertz CT molecular complexity index is 828. The summed E-state index contributed by atoms with van der Waals surface area (Å²) in [5.41, 5.74) is 2.84. The summed E-state index contributed by atoms with van der Waals surface area (Å²) in [5.74, 6) is 0.144. The third-order valence-corrected chi connectivity index (χ3v) is 5.29. The molecule has 0 saturated heterocycles. The second-order valence-electron chi connectivity index (χ2n) is 6.29. The van der Waals surface area contributed by atoms with E-state index in [1.807, 2.05) is 31.2 Å². The molecule has 2 N–H and O–H groups in total. The van der Waals surface area contributed by atoms with E-state index in [0.717, 1.165) is 16.8 Å². The Hall–Kier alpha value is -2.18. The van der Waals surface area contributed by atoms with Gasteiger partial charge in [0.15, 0.2) is 0 Å². The quantitative estimate of drug-likeness (QED) is 0.794. The van der Waals surface area contributed by atoms with E-state index >= 15 is 0 Å². The summed E-state index contributed by atoms with van der Waals surface area (Å²) in [6.45, 7) is 6.11. The predicted molar refractivity (Wildman–Crippen MR) is 100 cm³/mol. The number of amides is 1. The van der Waals surface area contributed by atoms with Gasteiger partial charge in [0.05, 0.1) is 4.90 Å². The van der Waals surface area contributed by atoms with Gasteiger partial charge in [-0.1, -0.05) is 43.7 Å². The number of aryl methyl sites for hydroxylation is 1. The van der Waals surface area contributed by atoms with Gasteiger partial charge in [-0.25, -0.2) is 13.1 Å². The van der Waals surface area contributed by atoms with Crippen LogP contribution in [0.3, 0.4) is 0 Å². The van der Waals surface area contributed by atoms with E-state index in [2.05, 4.69) is 23.9 Å². The highest BCUT2D eigenvalue weighted by Crippen LogP contribution is 2.18. The van der Waals surface area contributed by atoms with Crippen molar-refractivity contribution in [3.63, 3.8) is 0 Å². The van der Waals surface area contributed by atoms with Crippen LogP contribution in [0, 0.1) is 6.92 Å². The van der Waals surface area contributed by atoms with Crippen LogP contribution in [0.4, 0.5) is 5.69 Å². The summed E-state index contributed by atoms with van der Waals surface area (Å²) >= 11 is 0. The van der Waals surface area contributed by atoms with E-state index < -0.39 is 10.0 Å². The van der Waals surface area contributed by atoms with Crippen LogP contribution in [0.5, 0.6) is 0 Å². The average Bonchev–Trinajstić information content (AvgIpc) is 2.55. The zero-order chi connectivity index (χ0) is 18.4. The maximum absolute atomic E-state index is 12.2. The van der Waals surface area contributed by atoms with Gasteiger partial charge in [-0.3, -0.25) is 4.79 Å². The van der Waals surface area contributed by atoms with Crippen LogP contribution in [0.1, 0.15) is 37.3 Å². The van der Waals surface area contributed by atoms with Crippen LogP contribution < -0.4 is 10.0 Å². The summed E-state index contributed by atoms with van der Waals surface area (Å²) in [6, 6.07) is 14.2. The fraction of sp³-hybridized carbons (Fsp3) is 0.316. The molecule has 0 aromatic heterocycles. The van der Waals surface area contributed by atoms with E-state index in [1.165, 1.54) is 0 Å². The van der Waals surface area contributed by atoms with Crippen molar-refractivity contribution in [2.45, 2.75) is 38.0 Å². The zero-order valence-corrected chi connectivity index (χ0v) is 15.6. The predicted octanol–water partition coefficient (Wildman–Crippen LogP) is 3.43. The highest BCUT2D eigenvalue weighted by molar-refractivity contribution is 7.89. The minimum absolute atomic E-state index is 0.0475. The smallest absolute Gasteiger partial charge is 0.240 e. The standard InChI is InChI=1S/C19H24N2O3S/c1-14(2)16-5-4-6-17(13-16)21-19(22)11-12-20-25(23,24)18-9-7-15(3)8-10-18/h4-10,13-14,20H,11-12H2,1-3H3,(H,21,22). The summed E-state index contributed by atoms with van der Waals surface area (Å²) < 4.78 is 26.8. The van der Waals surface area contributed by atoms with Gasteiger partial charge < -0.3 is 5.32 Å². The van der Waals surface area contributed by atoms with Crippen molar-refractivity contribution in [1.29, 1.82) is 0 Å². The molecule has 0 atom stereocenters. The largest absolute Gasteiger partial charge is 0.326 e. The van der Waals surface area contributed by atoms with Gasteiger partial charge in [-0.05, 0) is 42.7 Å². The molecule has 0 bridgehead atoms. The van der Waals surface area contributed by atoms with Crippen molar-refractivity contribution < 1.29 is 13.2 Å². The van der Waals surface area contributed by atoms with Crippen LogP contribution in [0.15, 0.2) is 53.4 Å². The van der Waals surface area contributed by atoms with Crippen molar-refractivity contribution in [1.82, 2.24) is 4.72 Å². The van der Waals surface area contributed by atoms with Crippen molar-refractivity contribution in [2.24, 2.45) is 0 Å². The van der Waals surface area contributed by atoms with Crippen LogP contribution in [-0.4, -0.2) is 20.9 Å². The van der Waals surface area contributed by atoms with Gasteiger partial charge in [-0.15, -0.1) is 0 Å². The molecule has 1 amide bonds. The summed E-state index contributed by atoms with van der Waals surface area (Å²) in [6.07, 6.45) is 0.0665. The lowest BCUT2D eigenvalue weighted by molar-refractivity contribution is -0.116. The minimum atomic E-state index is -3.59. The second-order valence-corrected chi connectivity index (χ2v) is 8.06. The van der Waals surface area contributed by atoms with E-state index in [1.54, 1.807) is 24.3 Å². The fourth-order valence-corrected chi connectivity index (χ4v) is 3.33. The Morgan fingerprint density at radius 1 is 1.08 bits per heavy atom. The van der Waals surface area contributed by atoms with Gasteiger partial charge in [0, 0.05) is 18.7 Å². The number of carbonyl (C=O) groups is 1. The Labute approximate surface area is 149 Å². The van der Waals surface area contributed by atoms with Gasteiger partial charge in [0.2, 0.25) is 15.9 Å². The molecule has 0 aliphatic carbocycles. The molecule has 0 aliphatic heterocycles. The topological polar surface area (TPSA) is 75.3 Å². The molecule has 0 aliphatic rings. The van der Waals surface area contributed by atoms with Crippen molar-refractivity contribution >= 4 is 21.6 Å². The normalized spacial score (nSPS) is 11.5. The molecule has 0 radical (unpaired) electrons. The maximum atomic E-state index is 12.2. The van der Waals surface area contributed by atoms with E-state index in [0.29, 0.717) is 5.92 Å². The molecule has 2 aromatic rings. The molecule has 5 nitrogen and oxygen atoms in total. The second kappa shape index (κ2) is 8.27. The van der Waals surface area contributed by atoms with Gasteiger partial charge in [0.25, 0.3) is 0 Å². The molecule has 0 unspecified atom stereocenters. The van der Waals surface area contributed by atoms with Crippen LogP contribution in [-0.2, 0) is 14.8 Å². The lowest BCUT2D eigenvalue weighted by Gasteiger charge is -2.10. The Morgan fingerprint density at radius 3 is 2.40 bits per heavy atom. The molecule has 0 saturated carbocycles. The number of hydrogen-bond donors (Lipinski definition) is 2. The number of hydrogen-bond acceptors (Lipinski definition) is 3. The Balaban J connectivity index is 1.88. The minimum Gasteiger partial charge on any atom is -0.326 e. The molecule has 25 heavy (non-hydrogen) atoms. The molecular formula is C19H24N2O3S. The number of anilines is 1. The third kappa shape index (κ3) is 5.69. The highest BCUT2D eigenvalue weighted by Gasteiger charge is 2.14.